The zero-order valence-corrected chi connectivity index (χ0v) is 13.0. The number of nitrogens with zero attached hydrogens (tertiary/aromatic N) is 1. The highest BCUT2D eigenvalue weighted by atomic mass is 16.1. The molecule has 0 saturated carbocycles. The maximum absolute atomic E-state index is 11.8. The first-order chi connectivity index (χ1) is 11.3. The predicted octanol–water partition coefficient (Wildman–Crippen LogP) is 5.29. The van der Waals surface area contributed by atoms with Gasteiger partial charge in [0.2, 0.25) is 0 Å². The molecule has 112 valence electrons. The van der Waals surface area contributed by atoms with Crippen LogP contribution in [0, 0.1) is 0 Å². The number of fused-ring (bicyclic) bond motifs is 2. The number of aromatic nitrogens is 1. The van der Waals surface area contributed by atoms with Crippen molar-refractivity contribution in [2.75, 3.05) is 0 Å². The van der Waals surface area contributed by atoms with E-state index in [1.807, 2.05) is 30.3 Å². The Bertz CT molecular complexity index is 1030. The van der Waals surface area contributed by atoms with Crippen LogP contribution in [0.15, 0.2) is 66.9 Å². The molecule has 3 aromatic carbocycles. The van der Waals surface area contributed by atoms with Gasteiger partial charge in [-0.25, -0.2) is 0 Å². The third-order valence-electron chi connectivity index (χ3n) is 4.51. The number of benzene rings is 3. The van der Waals surface area contributed by atoms with E-state index in [0.29, 0.717) is 0 Å². The zero-order valence-electron chi connectivity index (χ0n) is 13.0. The molecule has 1 aromatic heterocycles. The molecule has 0 aliphatic heterocycles. The summed E-state index contributed by atoms with van der Waals surface area (Å²) in [6, 6.07) is 20.6. The average Bonchev–Trinajstić information content (AvgIpc) is 2.99. The van der Waals surface area contributed by atoms with Crippen molar-refractivity contribution in [3.63, 3.8) is 0 Å². The average molecular weight is 299 g/mol. The van der Waals surface area contributed by atoms with Crippen LogP contribution in [0.5, 0.6) is 0 Å². The van der Waals surface area contributed by atoms with Crippen LogP contribution in [0.1, 0.15) is 17.3 Å². The number of carbonyl (C=O) groups is 1. The van der Waals surface area contributed by atoms with E-state index in [0.717, 1.165) is 40.3 Å². The fourth-order valence-corrected chi connectivity index (χ4v) is 3.38. The molecule has 0 amide bonds. The standard InChI is InChI=1S/C21H17NO/c1-2-22-13-19(18-9-5-6-10-21(18)22)17-12-11-15-7-3-4-8-16(15)20(17)14-23/h3-14H,2H2,1H3. The van der Waals surface area contributed by atoms with Crippen LogP contribution in [0.4, 0.5) is 0 Å². The Kier molecular flexibility index (Phi) is 3.23. The number of aryl methyl sites for hydroxylation is 1. The lowest BCUT2D eigenvalue weighted by Crippen LogP contribution is -1.91. The first-order valence-electron chi connectivity index (χ1n) is 7.88. The molecule has 0 N–H and O–H groups in total. The van der Waals surface area contributed by atoms with E-state index in [1.165, 1.54) is 10.9 Å². The van der Waals surface area contributed by atoms with Gasteiger partial charge in [0.15, 0.2) is 6.29 Å². The molecule has 0 aliphatic carbocycles. The van der Waals surface area contributed by atoms with E-state index >= 15 is 0 Å². The Labute approximate surface area is 135 Å². The Morgan fingerprint density at radius 2 is 1.61 bits per heavy atom. The predicted molar refractivity (Wildman–Crippen MR) is 95.9 cm³/mol. The highest BCUT2D eigenvalue weighted by molar-refractivity contribution is 6.08. The van der Waals surface area contributed by atoms with Crippen LogP contribution in [0.2, 0.25) is 0 Å². The molecule has 0 aliphatic rings. The van der Waals surface area contributed by atoms with Crippen molar-refractivity contribution in [1.82, 2.24) is 4.57 Å². The largest absolute Gasteiger partial charge is 0.347 e. The lowest BCUT2D eigenvalue weighted by atomic mass is 9.95. The molecular formula is C21H17NO. The topological polar surface area (TPSA) is 22.0 Å². The Morgan fingerprint density at radius 1 is 0.870 bits per heavy atom. The van der Waals surface area contributed by atoms with Gasteiger partial charge >= 0.3 is 0 Å². The maximum atomic E-state index is 11.8. The van der Waals surface area contributed by atoms with Gasteiger partial charge < -0.3 is 4.57 Å². The molecule has 0 atom stereocenters. The molecule has 0 fully saturated rings. The number of carbonyl (C=O) groups excluding carboxylic acids is 1. The van der Waals surface area contributed by atoms with Crippen molar-refractivity contribution in [2.24, 2.45) is 0 Å². The molecule has 23 heavy (non-hydrogen) atoms. The summed E-state index contributed by atoms with van der Waals surface area (Å²) < 4.78 is 2.23. The summed E-state index contributed by atoms with van der Waals surface area (Å²) in [5, 5.41) is 3.29. The van der Waals surface area contributed by atoms with Crippen molar-refractivity contribution in [3.8, 4) is 11.1 Å². The lowest BCUT2D eigenvalue weighted by Gasteiger charge is -2.08. The Balaban J connectivity index is 2.09. The van der Waals surface area contributed by atoms with Crippen molar-refractivity contribution in [2.45, 2.75) is 13.5 Å². The van der Waals surface area contributed by atoms with Gasteiger partial charge in [-0.3, -0.25) is 4.79 Å². The van der Waals surface area contributed by atoms with E-state index in [2.05, 4.69) is 48.0 Å². The van der Waals surface area contributed by atoms with Gasteiger partial charge in [0.25, 0.3) is 0 Å². The van der Waals surface area contributed by atoms with Crippen molar-refractivity contribution in [3.05, 3.63) is 72.4 Å². The molecule has 1 heterocycles. The first-order valence-corrected chi connectivity index (χ1v) is 7.88. The zero-order chi connectivity index (χ0) is 15.8. The minimum Gasteiger partial charge on any atom is -0.347 e. The molecule has 0 saturated heterocycles. The third-order valence-corrected chi connectivity index (χ3v) is 4.51. The highest BCUT2D eigenvalue weighted by Crippen LogP contribution is 2.35. The number of hydrogen-bond acceptors (Lipinski definition) is 1. The van der Waals surface area contributed by atoms with Crippen LogP contribution < -0.4 is 0 Å². The molecule has 0 radical (unpaired) electrons. The maximum Gasteiger partial charge on any atom is 0.151 e. The van der Waals surface area contributed by atoms with Crippen LogP contribution in [0.3, 0.4) is 0 Å². The van der Waals surface area contributed by atoms with Crippen molar-refractivity contribution in [1.29, 1.82) is 0 Å². The van der Waals surface area contributed by atoms with Crippen LogP contribution in [-0.4, -0.2) is 10.9 Å². The summed E-state index contributed by atoms with van der Waals surface area (Å²) in [4.78, 5) is 11.8. The fourth-order valence-electron chi connectivity index (χ4n) is 3.38. The van der Waals surface area contributed by atoms with Gasteiger partial charge in [0.05, 0.1) is 0 Å². The second-order valence-corrected chi connectivity index (χ2v) is 5.71. The summed E-state index contributed by atoms with van der Waals surface area (Å²) in [6.07, 6.45) is 3.14. The number of para-hydroxylation sites is 1. The Morgan fingerprint density at radius 3 is 2.39 bits per heavy atom. The molecule has 0 unspecified atom stereocenters. The molecule has 2 nitrogen and oxygen atoms in total. The highest BCUT2D eigenvalue weighted by Gasteiger charge is 2.14. The first kappa shape index (κ1) is 13.8. The number of rotatable bonds is 3. The molecule has 2 heteroatoms. The van der Waals surface area contributed by atoms with Crippen LogP contribution >= 0.6 is 0 Å². The van der Waals surface area contributed by atoms with E-state index in [4.69, 9.17) is 0 Å². The van der Waals surface area contributed by atoms with E-state index in [9.17, 15) is 4.79 Å². The molecule has 0 spiro atoms. The van der Waals surface area contributed by atoms with Crippen molar-refractivity contribution < 1.29 is 4.79 Å². The van der Waals surface area contributed by atoms with Crippen molar-refractivity contribution >= 4 is 28.0 Å². The molecule has 0 bridgehead atoms. The minimum absolute atomic E-state index is 0.766. The quantitative estimate of drug-likeness (QED) is 0.471. The second kappa shape index (κ2) is 5.40. The monoisotopic (exact) mass is 299 g/mol. The Hall–Kier alpha value is -2.87. The van der Waals surface area contributed by atoms with E-state index < -0.39 is 0 Å². The second-order valence-electron chi connectivity index (χ2n) is 5.71. The summed E-state index contributed by atoms with van der Waals surface area (Å²) >= 11 is 0. The summed E-state index contributed by atoms with van der Waals surface area (Å²) in [7, 11) is 0. The summed E-state index contributed by atoms with van der Waals surface area (Å²) in [5.74, 6) is 0. The van der Waals surface area contributed by atoms with Gasteiger partial charge in [-0.1, -0.05) is 54.6 Å². The van der Waals surface area contributed by atoms with Crippen LogP contribution in [0.25, 0.3) is 32.8 Å². The van der Waals surface area contributed by atoms with Crippen LogP contribution in [-0.2, 0) is 6.54 Å². The van der Waals surface area contributed by atoms with Gasteiger partial charge in [-0.15, -0.1) is 0 Å². The normalized spacial score (nSPS) is 11.2. The third kappa shape index (κ3) is 2.07. The number of hydrogen-bond donors (Lipinski definition) is 0. The van der Waals surface area contributed by atoms with E-state index in [1.54, 1.807) is 0 Å². The number of aldehydes is 1. The van der Waals surface area contributed by atoms with Gasteiger partial charge in [0.1, 0.15) is 0 Å². The molecular weight excluding hydrogens is 282 g/mol. The van der Waals surface area contributed by atoms with Gasteiger partial charge in [0, 0.05) is 34.8 Å². The SMILES string of the molecule is CCn1cc(-c2ccc3ccccc3c2C=O)c2ccccc21. The smallest absolute Gasteiger partial charge is 0.151 e. The molecule has 4 rings (SSSR count). The minimum atomic E-state index is 0.766. The summed E-state index contributed by atoms with van der Waals surface area (Å²) in [6.45, 7) is 3.04. The summed E-state index contributed by atoms with van der Waals surface area (Å²) in [5.41, 5.74) is 4.09. The van der Waals surface area contributed by atoms with Gasteiger partial charge in [-0.05, 0) is 29.3 Å². The molecule has 4 aromatic rings. The lowest BCUT2D eigenvalue weighted by molar-refractivity contribution is 0.112. The van der Waals surface area contributed by atoms with E-state index in [-0.39, 0.29) is 0 Å². The fraction of sp³-hybridized carbons (Fsp3) is 0.0952. The van der Waals surface area contributed by atoms with Gasteiger partial charge in [-0.2, -0.15) is 0 Å².